The molecule has 2 rings (SSSR count). The first-order valence-electron chi connectivity index (χ1n) is 6.79. The van der Waals surface area contributed by atoms with Gasteiger partial charge in [0.25, 0.3) is 0 Å². The summed E-state index contributed by atoms with van der Waals surface area (Å²) < 4.78 is 5.44. The van der Waals surface area contributed by atoms with Crippen LogP contribution in [0.4, 0.5) is 0 Å². The Labute approximate surface area is 116 Å². The molecule has 0 bridgehead atoms. The van der Waals surface area contributed by atoms with Gasteiger partial charge < -0.3 is 15.0 Å². The number of halogens is 1. The predicted octanol–water partition coefficient (Wildman–Crippen LogP) is 1.29. The van der Waals surface area contributed by atoms with E-state index in [1.807, 2.05) is 11.9 Å². The summed E-state index contributed by atoms with van der Waals surface area (Å²) in [6.07, 6.45) is 4.80. The Hall–Kier alpha value is -0.320. The molecular weight excluding hydrogens is 252 g/mol. The topological polar surface area (TPSA) is 41.6 Å². The quantitative estimate of drug-likeness (QED) is 0.795. The van der Waals surface area contributed by atoms with Crippen LogP contribution in [0.2, 0.25) is 0 Å². The number of nitrogens with zero attached hydrogens (tertiary/aromatic N) is 1. The molecule has 1 N–H and O–H groups in total. The number of ether oxygens (including phenoxy) is 1. The minimum atomic E-state index is 0. The molecule has 1 saturated heterocycles. The highest BCUT2D eigenvalue weighted by molar-refractivity contribution is 5.85. The van der Waals surface area contributed by atoms with Crippen LogP contribution in [0.5, 0.6) is 0 Å². The summed E-state index contributed by atoms with van der Waals surface area (Å²) in [7, 11) is 1.99. The van der Waals surface area contributed by atoms with Crippen molar-refractivity contribution in [1.29, 1.82) is 0 Å². The molecule has 4 nitrogen and oxygen atoms in total. The summed E-state index contributed by atoms with van der Waals surface area (Å²) in [6.45, 7) is 3.94. The number of amides is 1. The first-order chi connectivity index (χ1) is 8.29. The Morgan fingerprint density at radius 3 is 2.44 bits per heavy atom. The third-order valence-electron chi connectivity index (χ3n) is 3.74. The normalized spacial score (nSPS) is 20.6. The van der Waals surface area contributed by atoms with Crippen LogP contribution in [-0.2, 0) is 9.53 Å². The molecule has 0 aromatic rings. The third kappa shape index (κ3) is 5.12. The second kappa shape index (κ2) is 7.97. The van der Waals surface area contributed by atoms with E-state index < -0.39 is 0 Å². The zero-order valence-corrected chi connectivity index (χ0v) is 12.0. The van der Waals surface area contributed by atoms with Crippen LogP contribution in [0.3, 0.4) is 0 Å². The van der Waals surface area contributed by atoms with E-state index in [1.165, 1.54) is 12.8 Å². The number of nitrogens with one attached hydrogen (secondary N) is 1. The second-order valence-electron chi connectivity index (χ2n) is 5.34. The maximum atomic E-state index is 11.8. The number of hydrogen-bond donors (Lipinski definition) is 1. The molecule has 0 spiro atoms. The standard InChI is InChI=1S/C13H24N2O2.ClH/c1-14-8-11-4-6-15(7-5-11)13(16)10-17-9-12-2-3-12;/h11-12,14H,2-10H2,1H3;1H. The predicted molar refractivity (Wildman–Crippen MR) is 74.0 cm³/mol. The SMILES string of the molecule is CNCC1CCN(C(=O)COCC2CC2)CC1.Cl. The van der Waals surface area contributed by atoms with Crippen molar-refractivity contribution in [2.45, 2.75) is 25.7 Å². The smallest absolute Gasteiger partial charge is 0.248 e. The van der Waals surface area contributed by atoms with Gasteiger partial charge in [0.15, 0.2) is 0 Å². The molecule has 2 fully saturated rings. The molecule has 18 heavy (non-hydrogen) atoms. The van der Waals surface area contributed by atoms with E-state index >= 15 is 0 Å². The van der Waals surface area contributed by atoms with Crippen molar-refractivity contribution in [3.8, 4) is 0 Å². The van der Waals surface area contributed by atoms with Gasteiger partial charge in [0.2, 0.25) is 5.91 Å². The van der Waals surface area contributed by atoms with Gasteiger partial charge in [-0.3, -0.25) is 4.79 Å². The van der Waals surface area contributed by atoms with Gasteiger partial charge in [0.1, 0.15) is 6.61 Å². The molecule has 0 aromatic heterocycles. The third-order valence-corrected chi connectivity index (χ3v) is 3.74. The number of rotatable bonds is 6. The van der Waals surface area contributed by atoms with Crippen molar-refractivity contribution < 1.29 is 9.53 Å². The summed E-state index contributed by atoms with van der Waals surface area (Å²) in [4.78, 5) is 13.8. The summed E-state index contributed by atoms with van der Waals surface area (Å²) in [5.41, 5.74) is 0. The average molecular weight is 277 g/mol. The molecule has 2 aliphatic rings. The Kier molecular flexibility index (Phi) is 6.97. The van der Waals surface area contributed by atoms with Gasteiger partial charge in [-0.05, 0) is 51.1 Å². The van der Waals surface area contributed by atoms with E-state index in [0.717, 1.165) is 50.9 Å². The number of likely N-dealkylation sites (tertiary alicyclic amines) is 1. The van der Waals surface area contributed by atoms with Crippen LogP contribution in [0.25, 0.3) is 0 Å². The lowest BCUT2D eigenvalue weighted by Crippen LogP contribution is -2.42. The maximum Gasteiger partial charge on any atom is 0.248 e. The Morgan fingerprint density at radius 2 is 1.89 bits per heavy atom. The number of carbonyl (C=O) groups excluding carboxylic acids is 1. The van der Waals surface area contributed by atoms with Gasteiger partial charge >= 0.3 is 0 Å². The average Bonchev–Trinajstić information content (AvgIpc) is 3.14. The lowest BCUT2D eigenvalue weighted by molar-refractivity contribution is -0.137. The molecule has 0 radical (unpaired) electrons. The zero-order chi connectivity index (χ0) is 12.1. The van der Waals surface area contributed by atoms with Crippen LogP contribution >= 0.6 is 12.4 Å². The first-order valence-corrected chi connectivity index (χ1v) is 6.79. The Balaban J connectivity index is 0.00000162. The van der Waals surface area contributed by atoms with Crippen LogP contribution < -0.4 is 5.32 Å². The van der Waals surface area contributed by atoms with Crippen molar-refractivity contribution in [3.63, 3.8) is 0 Å². The largest absolute Gasteiger partial charge is 0.371 e. The van der Waals surface area contributed by atoms with Crippen molar-refractivity contribution >= 4 is 18.3 Å². The van der Waals surface area contributed by atoms with Gasteiger partial charge in [0.05, 0.1) is 6.61 Å². The van der Waals surface area contributed by atoms with Gasteiger partial charge in [-0.2, -0.15) is 0 Å². The fourth-order valence-corrected chi connectivity index (χ4v) is 2.36. The Morgan fingerprint density at radius 1 is 1.22 bits per heavy atom. The van der Waals surface area contributed by atoms with Crippen molar-refractivity contribution in [1.82, 2.24) is 10.2 Å². The molecular formula is C13H25ClN2O2. The first kappa shape index (κ1) is 15.7. The minimum absolute atomic E-state index is 0. The van der Waals surface area contributed by atoms with Gasteiger partial charge in [-0.15, -0.1) is 12.4 Å². The van der Waals surface area contributed by atoms with Gasteiger partial charge in [0, 0.05) is 13.1 Å². The van der Waals surface area contributed by atoms with Crippen molar-refractivity contribution in [2.75, 3.05) is 39.9 Å². The minimum Gasteiger partial charge on any atom is -0.371 e. The lowest BCUT2D eigenvalue weighted by atomic mass is 9.97. The molecule has 5 heteroatoms. The van der Waals surface area contributed by atoms with E-state index in [1.54, 1.807) is 0 Å². The molecule has 1 aliphatic carbocycles. The summed E-state index contributed by atoms with van der Waals surface area (Å²) >= 11 is 0. The van der Waals surface area contributed by atoms with E-state index in [4.69, 9.17) is 4.74 Å². The highest BCUT2D eigenvalue weighted by atomic mass is 35.5. The highest BCUT2D eigenvalue weighted by Crippen LogP contribution is 2.28. The molecule has 106 valence electrons. The number of carbonyl (C=O) groups is 1. The monoisotopic (exact) mass is 276 g/mol. The summed E-state index contributed by atoms with van der Waals surface area (Å²) in [5.74, 6) is 1.65. The van der Waals surface area contributed by atoms with Crippen LogP contribution in [0, 0.1) is 11.8 Å². The molecule has 1 amide bonds. The van der Waals surface area contributed by atoms with Gasteiger partial charge in [-0.1, -0.05) is 0 Å². The van der Waals surface area contributed by atoms with Crippen molar-refractivity contribution in [2.24, 2.45) is 11.8 Å². The summed E-state index contributed by atoms with van der Waals surface area (Å²) in [5, 5.41) is 3.21. The fourth-order valence-electron chi connectivity index (χ4n) is 2.36. The van der Waals surface area contributed by atoms with E-state index in [-0.39, 0.29) is 24.9 Å². The van der Waals surface area contributed by atoms with E-state index in [0.29, 0.717) is 0 Å². The maximum absolute atomic E-state index is 11.8. The molecule has 0 atom stereocenters. The second-order valence-corrected chi connectivity index (χ2v) is 5.34. The van der Waals surface area contributed by atoms with Crippen LogP contribution in [-0.4, -0.2) is 50.7 Å². The van der Waals surface area contributed by atoms with E-state index in [2.05, 4.69) is 5.32 Å². The number of hydrogen-bond acceptors (Lipinski definition) is 3. The highest BCUT2D eigenvalue weighted by Gasteiger charge is 2.24. The Bertz CT molecular complexity index is 251. The zero-order valence-electron chi connectivity index (χ0n) is 11.2. The fraction of sp³-hybridized carbons (Fsp3) is 0.923. The van der Waals surface area contributed by atoms with E-state index in [9.17, 15) is 4.79 Å². The molecule has 1 heterocycles. The molecule has 1 aliphatic heterocycles. The lowest BCUT2D eigenvalue weighted by Gasteiger charge is -2.31. The van der Waals surface area contributed by atoms with Crippen LogP contribution in [0.1, 0.15) is 25.7 Å². The van der Waals surface area contributed by atoms with Gasteiger partial charge in [-0.25, -0.2) is 0 Å². The number of piperidine rings is 1. The molecule has 1 saturated carbocycles. The molecule has 0 aromatic carbocycles. The van der Waals surface area contributed by atoms with Crippen molar-refractivity contribution in [3.05, 3.63) is 0 Å². The molecule has 0 unspecified atom stereocenters. The van der Waals surface area contributed by atoms with Crippen LogP contribution in [0.15, 0.2) is 0 Å². The summed E-state index contributed by atoms with van der Waals surface area (Å²) in [6, 6.07) is 0.